The third kappa shape index (κ3) is 2.58. The molecule has 0 fully saturated rings. The number of hydrogen-bond acceptors (Lipinski definition) is 1. The molecule has 0 spiro atoms. The summed E-state index contributed by atoms with van der Waals surface area (Å²) in [6.45, 7) is 0. The number of rotatable bonds is 3. The number of ether oxygens (including phenoxy) is 1. The average Bonchev–Trinajstić information content (AvgIpc) is 2.44. The van der Waals surface area contributed by atoms with Crippen molar-refractivity contribution < 1.29 is 22.3 Å². The molecule has 1 unspecified atom stereocenters. The molecule has 0 saturated heterocycles. The van der Waals surface area contributed by atoms with E-state index in [1.165, 1.54) is 19.2 Å². The van der Waals surface area contributed by atoms with Gasteiger partial charge in [0.2, 0.25) is 0 Å². The first-order chi connectivity index (χ1) is 9.45. The zero-order valence-corrected chi connectivity index (χ0v) is 11.0. The van der Waals surface area contributed by atoms with Gasteiger partial charge >= 0.3 is 0 Å². The number of methoxy groups -OCH3 is 1. The minimum atomic E-state index is -1.61. The van der Waals surface area contributed by atoms with E-state index in [4.69, 9.17) is 16.3 Å². The van der Waals surface area contributed by atoms with Crippen LogP contribution in [0.4, 0.5) is 17.6 Å². The van der Waals surface area contributed by atoms with Gasteiger partial charge in [-0.1, -0.05) is 12.1 Å². The third-order valence-electron chi connectivity index (χ3n) is 2.81. The Labute approximate surface area is 117 Å². The van der Waals surface area contributed by atoms with Crippen molar-refractivity contribution in [2.75, 3.05) is 7.11 Å². The van der Waals surface area contributed by atoms with Gasteiger partial charge in [-0.05, 0) is 23.8 Å². The number of hydrogen-bond donors (Lipinski definition) is 0. The molecule has 2 aromatic carbocycles. The summed E-state index contributed by atoms with van der Waals surface area (Å²) in [5, 5.41) is -1.15. The highest BCUT2D eigenvalue weighted by molar-refractivity contribution is 6.22. The Morgan fingerprint density at radius 2 is 1.65 bits per heavy atom. The summed E-state index contributed by atoms with van der Waals surface area (Å²) in [6.07, 6.45) is 0. The fourth-order valence-corrected chi connectivity index (χ4v) is 2.06. The molecular weight excluding hydrogens is 296 g/mol. The maximum absolute atomic E-state index is 13.6. The lowest BCUT2D eigenvalue weighted by molar-refractivity contribution is 0.386. The van der Waals surface area contributed by atoms with Gasteiger partial charge in [-0.15, -0.1) is 11.6 Å². The molecule has 1 atom stereocenters. The van der Waals surface area contributed by atoms with Crippen molar-refractivity contribution in [2.45, 2.75) is 5.38 Å². The second-order valence-electron chi connectivity index (χ2n) is 4.02. The van der Waals surface area contributed by atoms with Gasteiger partial charge in [0.1, 0.15) is 0 Å². The molecule has 0 aliphatic carbocycles. The van der Waals surface area contributed by atoms with Crippen LogP contribution in [0.3, 0.4) is 0 Å². The first-order valence-corrected chi connectivity index (χ1v) is 6.00. The van der Waals surface area contributed by atoms with Crippen molar-refractivity contribution in [1.82, 2.24) is 0 Å². The predicted octanol–water partition coefficient (Wildman–Crippen LogP) is 4.58. The zero-order chi connectivity index (χ0) is 14.9. The van der Waals surface area contributed by atoms with Crippen LogP contribution >= 0.6 is 11.6 Å². The molecule has 0 saturated carbocycles. The summed E-state index contributed by atoms with van der Waals surface area (Å²) in [4.78, 5) is 0. The standard InChI is InChI=1S/C14H9ClF4O/c1-20-11-5-2-7(6-10(11)17)12(15)8-3-4-9(16)14(19)13(8)18/h2-6,12H,1H3. The molecule has 0 heterocycles. The van der Waals surface area contributed by atoms with E-state index in [1.807, 2.05) is 0 Å². The average molecular weight is 305 g/mol. The summed E-state index contributed by atoms with van der Waals surface area (Å²) in [6, 6.07) is 5.58. The Hall–Kier alpha value is -1.75. The molecule has 0 bridgehead atoms. The first kappa shape index (κ1) is 14.7. The van der Waals surface area contributed by atoms with Gasteiger partial charge < -0.3 is 4.74 Å². The van der Waals surface area contributed by atoms with Crippen molar-refractivity contribution in [1.29, 1.82) is 0 Å². The number of benzene rings is 2. The molecule has 1 nitrogen and oxygen atoms in total. The molecular formula is C14H9ClF4O. The normalized spacial score (nSPS) is 12.3. The predicted molar refractivity (Wildman–Crippen MR) is 67.0 cm³/mol. The molecule has 6 heteroatoms. The lowest BCUT2D eigenvalue weighted by Gasteiger charge is -2.13. The van der Waals surface area contributed by atoms with Crippen molar-refractivity contribution in [3.63, 3.8) is 0 Å². The molecule has 20 heavy (non-hydrogen) atoms. The Morgan fingerprint density at radius 3 is 2.25 bits per heavy atom. The van der Waals surface area contributed by atoms with E-state index >= 15 is 0 Å². The Morgan fingerprint density at radius 1 is 0.950 bits per heavy atom. The van der Waals surface area contributed by atoms with Crippen molar-refractivity contribution in [2.24, 2.45) is 0 Å². The first-order valence-electron chi connectivity index (χ1n) is 5.56. The quantitative estimate of drug-likeness (QED) is 0.458. The minimum Gasteiger partial charge on any atom is -0.494 e. The molecule has 0 aliphatic rings. The SMILES string of the molecule is COc1ccc(C(Cl)c2ccc(F)c(F)c2F)cc1F. The van der Waals surface area contributed by atoms with Gasteiger partial charge in [-0.2, -0.15) is 0 Å². The smallest absolute Gasteiger partial charge is 0.194 e. The van der Waals surface area contributed by atoms with E-state index in [2.05, 4.69) is 0 Å². The van der Waals surface area contributed by atoms with Crippen LogP contribution in [0.15, 0.2) is 30.3 Å². The highest BCUT2D eigenvalue weighted by Crippen LogP contribution is 2.33. The minimum absolute atomic E-state index is 0.00313. The maximum Gasteiger partial charge on any atom is 0.194 e. The van der Waals surface area contributed by atoms with Gasteiger partial charge in [0.05, 0.1) is 12.5 Å². The van der Waals surface area contributed by atoms with E-state index in [0.29, 0.717) is 0 Å². The summed E-state index contributed by atoms with van der Waals surface area (Å²) in [7, 11) is 1.30. The number of alkyl halides is 1. The molecule has 106 valence electrons. The monoisotopic (exact) mass is 304 g/mol. The van der Waals surface area contributed by atoms with Crippen LogP contribution in [-0.4, -0.2) is 7.11 Å². The maximum atomic E-state index is 13.6. The van der Waals surface area contributed by atoms with Gasteiger partial charge in [0.15, 0.2) is 29.0 Å². The van der Waals surface area contributed by atoms with E-state index in [9.17, 15) is 17.6 Å². The topological polar surface area (TPSA) is 9.23 Å². The molecule has 0 aliphatic heterocycles. The Bertz CT molecular complexity index is 645. The van der Waals surface area contributed by atoms with E-state index in [0.717, 1.165) is 18.2 Å². The highest BCUT2D eigenvalue weighted by Gasteiger charge is 2.21. The summed E-state index contributed by atoms with van der Waals surface area (Å²) in [5.74, 6) is -4.98. The van der Waals surface area contributed by atoms with Crippen LogP contribution in [-0.2, 0) is 0 Å². The van der Waals surface area contributed by atoms with Crippen LogP contribution < -0.4 is 4.74 Å². The number of halogens is 5. The van der Waals surface area contributed by atoms with Crippen LogP contribution in [0.25, 0.3) is 0 Å². The van der Waals surface area contributed by atoms with E-state index in [-0.39, 0.29) is 16.9 Å². The largest absolute Gasteiger partial charge is 0.494 e. The molecule has 2 rings (SSSR count). The molecule has 2 aromatic rings. The Balaban J connectivity index is 2.44. The summed E-state index contributed by atoms with van der Waals surface area (Å²) >= 11 is 5.99. The third-order valence-corrected chi connectivity index (χ3v) is 3.29. The lowest BCUT2D eigenvalue weighted by Crippen LogP contribution is -2.02. The van der Waals surface area contributed by atoms with Gasteiger partial charge in [0.25, 0.3) is 0 Å². The molecule has 0 amide bonds. The second kappa shape index (κ2) is 5.71. The van der Waals surface area contributed by atoms with Gasteiger partial charge in [-0.3, -0.25) is 0 Å². The highest BCUT2D eigenvalue weighted by atomic mass is 35.5. The second-order valence-corrected chi connectivity index (χ2v) is 4.46. The van der Waals surface area contributed by atoms with Crippen LogP contribution in [0.2, 0.25) is 0 Å². The summed E-state index contributed by atoms with van der Waals surface area (Å²) in [5.41, 5.74) is -0.0648. The van der Waals surface area contributed by atoms with Crippen LogP contribution in [0.1, 0.15) is 16.5 Å². The molecule has 0 radical (unpaired) electrons. The molecule has 0 aromatic heterocycles. The van der Waals surface area contributed by atoms with Gasteiger partial charge in [0, 0.05) is 5.56 Å². The molecule has 0 N–H and O–H groups in total. The van der Waals surface area contributed by atoms with E-state index in [1.54, 1.807) is 0 Å². The van der Waals surface area contributed by atoms with Crippen molar-refractivity contribution >= 4 is 11.6 Å². The van der Waals surface area contributed by atoms with Crippen LogP contribution in [0.5, 0.6) is 5.75 Å². The lowest BCUT2D eigenvalue weighted by atomic mass is 10.0. The summed E-state index contributed by atoms with van der Waals surface area (Å²) < 4.78 is 57.9. The zero-order valence-electron chi connectivity index (χ0n) is 10.3. The van der Waals surface area contributed by atoms with Gasteiger partial charge in [-0.25, -0.2) is 17.6 Å². The van der Waals surface area contributed by atoms with Crippen LogP contribution in [0, 0.1) is 23.3 Å². The fourth-order valence-electron chi connectivity index (χ4n) is 1.76. The van der Waals surface area contributed by atoms with E-state index < -0.39 is 28.6 Å². The Kier molecular flexibility index (Phi) is 4.18. The fraction of sp³-hybridized carbons (Fsp3) is 0.143. The van der Waals surface area contributed by atoms with Crippen molar-refractivity contribution in [3.8, 4) is 5.75 Å². The van der Waals surface area contributed by atoms with Crippen molar-refractivity contribution in [3.05, 3.63) is 64.7 Å².